The van der Waals surface area contributed by atoms with Crippen LogP contribution in [0, 0.1) is 0 Å². The molecule has 2 aliphatic heterocycles. The van der Waals surface area contributed by atoms with Crippen LogP contribution in [0.3, 0.4) is 0 Å². The maximum Gasteiger partial charge on any atom is 0.322 e. The van der Waals surface area contributed by atoms with Crippen LogP contribution in [-0.2, 0) is 16.1 Å². The zero-order valence-electron chi connectivity index (χ0n) is 15.7. The zero-order chi connectivity index (χ0) is 20.3. The van der Waals surface area contributed by atoms with Crippen molar-refractivity contribution in [3.05, 3.63) is 24.0 Å². The maximum atomic E-state index is 12.7. The van der Waals surface area contributed by atoms with Gasteiger partial charge in [0, 0.05) is 32.4 Å². The van der Waals surface area contributed by atoms with E-state index >= 15 is 0 Å². The summed E-state index contributed by atoms with van der Waals surface area (Å²) in [5.41, 5.74) is -0.521. The van der Waals surface area contributed by atoms with Crippen molar-refractivity contribution in [2.75, 3.05) is 19.6 Å². The number of carbonyl (C=O) groups is 4. The molecule has 152 valence electrons. The SMILES string of the molecule is CCn1cccc1C(=O)N1CCC(O)(CNC(=O)[C@@H]2CC(=O)NC(=O)N2)CC1. The van der Waals surface area contributed by atoms with Gasteiger partial charge in [-0.15, -0.1) is 0 Å². The van der Waals surface area contributed by atoms with Gasteiger partial charge in [0.05, 0.1) is 12.0 Å². The number of hydrogen-bond donors (Lipinski definition) is 4. The molecule has 28 heavy (non-hydrogen) atoms. The molecule has 10 nitrogen and oxygen atoms in total. The van der Waals surface area contributed by atoms with Crippen LogP contribution in [-0.4, -0.2) is 69.6 Å². The summed E-state index contributed by atoms with van der Waals surface area (Å²) >= 11 is 0. The molecule has 0 radical (unpaired) electrons. The molecule has 1 aromatic heterocycles. The lowest BCUT2D eigenvalue weighted by Gasteiger charge is -2.38. The molecule has 3 heterocycles. The first-order chi connectivity index (χ1) is 13.3. The normalized spacial score (nSPS) is 21.6. The van der Waals surface area contributed by atoms with E-state index in [9.17, 15) is 24.3 Å². The standard InChI is InChI=1S/C18H25N5O5/c1-2-22-7-3-4-13(22)16(26)23-8-5-18(28,6-9-23)11-19-15(25)12-10-14(24)21-17(27)20-12/h3-4,7,12,28H,2,5-6,8-11H2,1H3,(H,19,25)(H2,20,21,24,27)/t12-/m0/s1. The summed E-state index contributed by atoms with van der Waals surface area (Å²) < 4.78 is 1.87. The van der Waals surface area contributed by atoms with Crippen molar-refractivity contribution in [2.45, 2.75) is 44.4 Å². The molecule has 4 N–H and O–H groups in total. The number of piperidine rings is 1. The topological polar surface area (TPSA) is 133 Å². The number of imide groups is 1. The van der Waals surface area contributed by atoms with Crippen molar-refractivity contribution in [1.29, 1.82) is 0 Å². The van der Waals surface area contributed by atoms with Crippen LogP contribution in [0.2, 0.25) is 0 Å². The van der Waals surface area contributed by atoms with E-state index in [2.05, 4.69) is 16.0 Å². The van der Waals surface area contributed by atoms with Crippen molar-refractivity contribution in [1.82, 2.24) is 25.4 Å². The molecular weight excluding hydrogens is 366 g/mol. The summed E-state index contributed by atoms with van der Waals surface area (Å²) in [4.78, 5) is 49.2. The molecular formula is C18H25N5O5. The van der Waals surface area contributed by atoms with Crippen LogP contribution in [0.5, 0.6) is 0 Å². The highest BCUT2D eigenvalue weighted by Crippen LogP contribution is 2.23. The number of hydrogen-bond acceptors (Lipinski definition) is 5. The average molecular weight is 391 g/mol. The molecule has 0 spiro atoms. The number of aromatic nitrogens is 1. The number of urea groups is 1. The zero-order valence-corrected chi connectivity index (χ0v) is 15.7. The van der Waals surface area contributed by atoms with E-state index in [-0.39, 0.29) is 18.9 Å². The number of nitrogens with zero attached hydrogens (tertiary/aromatic N) is 2. The maximum absolute atomic E-state index is 12.7. The van der Waals surface area contributed by atoms with E-state index in [1.54, 1.807) is 11.0 Å². The molecule has 10 heteroatoms. The third-order valence-corrected chi connectivity index (χ3v) is 5.23. The van der Waals surface area contributed by atoms with E-state index in [1.807, 2.05) is 23.8 Å². The molecule has 0 bridgehead atoms. The van der Waals surface area contributed by atoms with Crippen LogP contribution in [0.4, 0.5) is 4.79 Å². The Balaban J connectivity index is 1.50. The average Bonchev–Trinajstić information content (AvgIpc) is 3.14. The minimum absolute atomic E-state index is 0.00676. The van der Waals surface area contributed by atoms with Gasteiger partial charge in [-0.05, 0) is 31.9 Å². The predicted molar refractivity (Wildman–Crippen MR) is 98.3 cm³/mol. The molecule has 3 rings (SSSR count). The summed E-state index contributed by atoms with van der Waals surface area (Å²) in [5, 5.41) is 17.8. The summed E-state index contributed by atoms with van der Waals surface area (Å²) in [5.74, 6) is -1.11. The third-order valence-electron chi connectivity index (χ3n) is 5.23. The second-order valence-electron chi connectivity index (χ2n) is 7.19. The number of amides is 5. The lowest BCUT2D eigenvalue weighted by atomic mass is 9.91. The van der Waals surface area contributed by atoms with Gasteiger partial charge in [-0.1, -0.05) is 0 Å². The van der Waals surface area contributed by atoms with Crippen LogP contribution in [0.15, 0.2) is 18.3 Å². The smallest absolute Gasteiger partial charge is 0.322 e. The van der Waals surface area contributed by atoms with Crippen molar-refractivity contribution >= 4 is 23.8 Å². The first-order valence-corrected chi connectivity index (χ1v) is 9.36. The molecule has 0 aliphatic carbocycles. The van der Waals surface area contributed by atoms with Crippen LogP contribution in [0.1, 0.15) is 36.7 Å². The van der Waals surface area contributed by atoms with Gasteiger partial charge in [0.15, 0.2) is 0 Å². The Bertz CT molecular complexity index is 765. The van der Waals surface area contributed by atoms with E-state index in [1.165, 1.54) is 0 Å². The van der Waals surface area contributed by atoms with Gasteiger partial charge in [-0.3, -0.25) is 19.7 Å². The van der Waals surface area contributed by atoms with Gasteiger partial charge in [0.1, 0.15) is 11.7 Å². The van der Waals surface area contributed by atoms with Crippen molar-refractivity contribution in [2.24, 2.45) is 0 Å². The van der Waals surface area contributed by atoms with Gasteiger partial charge in [0.2, 0.25) is 11.8 Å². The lowest BCUT2D eigenvalue weighted by molar-refractivity contribution is -0.129. The van der Waals surface area contributed by atoms with Gasteiger partial charge in [-0.25, -0.2) is 4.79 Å². The van der Waals surface area contributed by atoms with E-state index in [4.69, 9.17) is 0 Å². The number of aryl methyl sites for hydroxylation is 1. The van der Waals surface area contributed by atoms with Gasteiger partial charge >= 0.3 is 6.03 Å². The van der Waals surface area contributed by atoms with E-state index in [0.29, 0.717) is 38.2 Å². The Labute approximate surface area is 162 Å². The van der Waals surface area contributed by atoms with Gasteiger partial charge < -0.3 is 25.2 Å². The van der Waals surface area contributed by atoms with Crippen molar-refractivity contribution < 1.29 is 24.3 Å². The summed E-state index contributed by atoms with van der Waals surface area (Å²) in [6, 6.07) is 1.95. The van der Waals surface area contributed by atoms with Crippen LogP contribution in [0.25, 0.3) is 0 Å². The highest BCUT2D eigenvalue weighted by atomic mass is 16.3. The fourth-order valence-electron chi connectivity index (χ4n) is 3.49. The number of nitrogens with one attached hydrogen (secondary N) is 3. The van der Waals surface area contributed by atoms with Crippen LogP contribution >= 0.6 is 0 Å². The molecule has 1 aromatic rings. The van der Waals surface area contributed by atoms with Crippen LogP contribution < -0.4 is 16.0 Å². The minimum atomic E-state index is -1.14. The monoisotopic (exact) mass is 391 g/mol. The summed E-state index contributed by atoms with van der Waals surface area (Å²) in [6.45, 7) is 3.42. The molecule has 0 aromatic carbocycles. The lowest BCUT2D eigenvalue weighted by Crippen LogP contribution is -2.59. The summed E-state index contributed by atoms with van der Waals surface area (Å²) in [6.07, 6.45) is 2.36. The Morgan fingerprint density at radius 1 is 1.32 bits per heavy atom. The number of aliphatic hydroxyl groups is 1. The molecule has 2 saturated heterocycles. The second-order valence-corrected chi connectivity index (χ2v) is 7.19. The third kappa shape index (κ3) is 4.33. The van der Waals surface area contributed by atoms with E-state index in [0.717, 1.165) is 0 Å². The fraction of sp³-hybridized carbons (Fsp3) is 0.556. The minimum Gasteiger partial charge on any atom is -0.388 e. The molecule has 0 saturated carbocycles. The Morgan fingerprint density at radius 2 is 2.04 bits per heavy atom. The summed E-state index contributed by atoms with van der Waals surface area (Å²) in [7, 11) is 0. The highest BCUT2D eigenvalue weighted by molar-refractivity contribution is 6.02. The molecule has 2 aliphatic rings. The van der Waals surface area contributed by atoms with Crippen molar-refractivity contribution in [3.63, 3.8) is 0 Å². The Hall–Kier alpha value is -2.88. The van der Waals surface area contributed by atoms with Crippen molar-refractivity contribution in [3.8, 4) is 0 Å². The molecule has 5 amide bonds. The van der Waals surface area contributed by atoms with E-state index < -0.39 is 29.5 Å². The molecule has 2 fully saturated rings. The molecule has 1 atom stereocenters. The fourth-order valence-corrected chi connectivity index (χ4v) is 3.49. The largest absolute Gasteiger partial charge is 0.388 e. The number of carbonyl (C=O) groups excluding carboxylic acids is 4. The predicted octanol–water partition coefficient (Wildman–Crippen LogP) is -0.811. The quantitative estimate of drug-likeness (QED) is 0.521. The number of likely N-dealkylation sites (tertiary alicyclic amines) is 1. The van der Waals surface area contributed by atoms with Gasteiger partial charge in [0.25, 0.3) is 5.91 Å². The number of rotatable bonds is 5. The highest BCUT2D eigenvalue weighted by Gasteiger charge is 2.36. The Morgan fingerprint density at radius 3 is 2.68 bits per heavy atom. The van der Waals surface area contributed by atoms with Gasteiger partial charge in [-0.2, -0.15) is 0 Å². The first kappa shape index (κ1) is 19.9. The Kier molecular flexibility index (Phi) is 5.68. The second kappa shape index (κ2) is 8.01. The first-order valence-electron chi connectivity index (χ1n) is 9.36. The molecule has 0 unspecified atom stereocenters.